The Morgan fingerprint density at radius 2 is 1.88 bits per heavy atom. The van der Waals surface area contributed by atoms with E-state index < -0.39 is 5.97 Å². The molecule has 0 heterocycles. The van der Waals surface area contributed by atoms with E-state index in [-0.39, 0.29) is 24.6 Å². The van der Waals surface area contributed by atoms with Crippen LogP contribution in [0.4, 0.5) is 0 Å². The Kier molecular flexibility index (Phi) is 6.72. The minimum Gasteiger partial charge on any atom is -0.480 e. The molecule has 0 aromatic carbocycles. The van der Waals surface area contributed by atoms with E-state index >= 15 is 0 Å². The Labute approximate surface area is 96.4 Å². The molecule has 0 aromatic rings. The molecule has 1 unspecified atom stereocenters. The molecule has 0 rings (SSSR count). The zero-order valence-corrected chi connectivity index (χ0v) is 10.4. The third-order valence-corrected chi connectivity index (χ3v) is 2.42. The highest BCUT2D eigenvalue weighted by atomic mass is 16.5. The van der Waals surface area contributed by atoms with E-state index in [1.54, 1.807) is 21.0 Å². The predicted octanol–water partition coefficient (Wildman–Crippen LogP) is 1.12. The van der Waals surface area contributed by atoms with Crippen molar-refractivity contribution in [2.24, 2.45) is 0 Å². The Hall–Kier alpha value is -1.10. The first kappa shape index (κ1) is 14.9. The van der Waals surface area contributed by atoms with Gasteiger partial charge in [0.2, 0.25) is 5.91 Å². The summed E-state index contributed by atoms with van der Waals surface area (Å²) in [6.07, 6.45) is 0.946. The van der Waals surface area contributed by atoms with Crippen molar-refractivity contribution in [2.45, 2.75) is 45.8 Å². The number of hydrogen-bond acceptors (Lipinski definition) is 3. The summed E-state index contributed by atoms with van der Waals surface area (Å²) in [7, 11) is 1.59. The van der Waals surface area contributed by atoms with E-state index in [2.05, 4.69) is 0 Å². The summed E-state index contributed by atoms with van der Waals surface area (Å²) in [6, 6.07) is -0.0959. The second kappa shape index (κ2) is 7.22. The lowest BCUT2D eigenvalue weighted by atomic mass is 10.2. The van der Waals surface area contributed by atoms with Gasteiger partial charge >= 0.3 is 5.97 Å². The average molecular weight is 231 g/mol. The largest absolute Gasteiger partial charge is 0.480 e. The third kappa shape index (κ3) is 5.70. The minimum absolute atomic E-state index is 0.0165. The number of carbonyl (C=O) groups excluding carboxylic acids is 1. The van der Waals surface area contributed by atoms with Crippen LogP contribution < -0.4 is 0 Å². The highest BCUT2D eigenvalue weighted by Crippen LogP contribution is 2.07. The van der Waals surface area contributed by atoms with Crippen molar-refractivity contribution in [3.05, 3.63) is 0 Å². The Balaban J connectivity index is 4.22. The molecule has 0 fully saturated rings. The van der Waals surface area contributed by atoms with Crippen molar-refractivity contribution in [3.63, 3.8) is 0 Å². The topological polar surface area (TPSA) is 66.8 Å². The third-order valence-electron chi connectivity index (χ3n) is 2.42. The van der Waals surface area contributed by atoms with E-state index in [0.717, 1.165) is 0 Å². The molecule has 0 spiro atoms. The maximum absolute atomic E-state index is 11.7. The standard InChI is InChI=1S/C11H21NO4/c1-8(2)12(7-11(14)15)10(13)6-5-9(3)16-4/h8-9H,5-7H2,1-4H3,(H,14,15). The van der Waals surface area contributed by atoms with Gasteiger partial charge in [0.05, 0.1) is 6.10 Å². The zero-order valence-electron chi connectivity index (χ0n) is 10.4. The quantitative estimate of drug-likeness (QED) is 0.713. The molecule has 94 valence electrons. The second-order valence-electron chi connectivity index (χ2n) is 4.09. The van der Waals surface area contributed by atoms with Gasteiger partial charge in [0.1, 0.15) is 6.54 Å². The van der Waals surface area contributed by atoms with Gasteiger partial charge in [-0.3, -0.25) is 9.59 Å². The lowest BCUT2D eigenvalue weighted by Gasteiger charge is -2.25. The van der Waals surface area contributed by atoms with Gasteiger partial charge in [-0.2, -0.15) is 0 Å². The van der Waals surface area contributed by atoms with Crippen LogP contribution in [0.2, 0.25) is 0 Å². The fourth-order valence-corrected chi connectivity index (χ4v) is 1.29. The van der Waals surface area contributed by atoms with Crippen LogP contribution in [0.3, 0.4) is 0 Å². The van der Waals surface area contributed by atoms with Crippen LogP contribution in [0.1, 0.15) is 33.6 Å². The molecular weight excluding hydrogens is 210 g/mol. The number of carboxylic acids is 1. The molecule has 5 heteroatoms. The van der Waals surface area contributed by atoms with E-state index in [1.807, 2.05) is 6.92 Å². The van der Waals surface area contributed by atoms with Crippen molar-refractivity contribution >= 4 is 11.9 Å². The summed E-state index contributed by atoms with van der Waals surface area (Å²) < 4.78 is 5.03. The summed E-state index contributed by atoms with van der Waals surface area (Å²) in [5.74, 6) is -1.12. The second-order valence-corrected chi connectivity index (χ2v) is 4.09. The summed E-state index contributed by atoms with van der Waals surface area (Å²) in [5.41, 5.74) is 0. The normalized spacial score (nSPS) is 12.6. The number of aliphatic carboxylic acids is 1. The Morgan fingerprint density at radius 1 is 1.31 bits per heavy atom. The number of nitrogens with zero attached hydrogens (tertiary/aromatic N) is 1. The number of hydrogen-bond donors (Lipinski definition) is 1. The van der Waals surface area contributed by atoms with Crippen LogP contribution in [-0.4, -0.2) is 47.7 Å². The molecule has 0 saturated carbocycles. The molecule has 0 aliphatic heterocycles. The van der Waals surface area contributed by atoms with E-state index in [1.165, 1.54) is 4.90 Å². The molecule has 1 amide bonds. The zero-order chi connectivity index (χ0) is 12.7. The summed E-state index contributed by atoms with van der Waals surface area (Å²) in [4.78, 5) is 23.7. The molecule has 0 aromatic heterocycles. The lowest BCUT2D eigenvalue weighted by molar-refractivity contribution is -0.146. The van der Waals surface area contributed by atoms with Crippen LogP contribution >= 0.6 is 0 Å². The molecule has 0 aliphatic carbocycles. The fraction of sp³-hybridized carbons (Fsp3) is 0.818. The molecule has 0 bridgehead atoms. The highest BCUT2D eigenvalue weighted by molar-refractivity contribution is 5.81. The summed E-state index contributed by atoms with van der Waals surface area (Å²) in [5, 5.41) is 8.69. The van der Waals surface area contributed by atoms with Crippen molar-refractivity contribution in [1.29, 1.82) is 0 Å². The van der Waals surface area contributed by atoms with Crippen molar-refractivity contribution < 1.29 is 19.4 Å². The van der Waals surface area contributed by atoms with Gasteiger partial charge in [-0.25, -0.2) is 0 Å². The first-order chi connectivity index (χ1) is 7.38. The molecule has 1 N–H and O–H groups in total. The van der Waals surface area contributed by atoms with Crippen LogP contribution in [0.5, 0.6) is 0 Å². The van der Waals surface area contributed by atoms with Gasteiger partial charge in [-0.05, 0) is 27.2 Å². The highest BCUT2D eigenvalue weighted by Gasteiger charge is 2.19. The fourth-order valence-electron chi connectivity index (χ4n) is 1.29. The number of carbonyl (C=O) groups is 2. The monoisotopic (exact) mass is 231 g/mol. The van der Waals surface area contributed by atoms with Gasteiger partial charge in [0.15, 0.2) is 0 Å². The maximum atomic E-state index is 11.7. The minimum atomic E-state index is -0.984. The Bertz CT molecular complexity index is 240. The van der Waals surface area contributed by atoms with Gasteiger partial charge in [0, 0.05) is 19.6 Å². The van der Waals surface area contributed by atoms with Gasteiger partial charge < -0.3 is 14.7 Å². The average Bonchev–Trinajstić information content (AvgIpc) is 2.21. The first-order valence-electron chi connectivity index (χ1n) is 5.42. The molecule has 0 radical (unpaired) electrons. The van der Waals surface area contributed by atoms with Crippen molar-refractivity contribution in [2.75, 3.05) is 13.7 Å². The van der Waals surface area contributed by atoms with Crippen LogP contribution in [0.15, 0.2) is 0 Å². The van der Waals surface area contributed by atoms with Crippen molar-refractivity contribution in [3.8, 4) is 0 Å². The number of methoxy groups -OCH3 is 1. The summed E-state index contributed by atoms with van der Waals surface area (Å²) >= 11 is 0. The van der Waals surface area contributed by atoms with Gasteiger partial charge in [0.25, 0.3) is 0 Å². The summed E-state index contributed by atoms with van der Waals surface area (Å²) in [6.45, 7) is 5.25. The molecule has 0 saturated heterocycles. The van der Waals surface area contributed by atoms with Crippen LogP contribution in [0, 0.1) is 0 Å². The van der Waals surface area contributed by atoms with Gasteiger partial charge in [-0.1, -0.05) is 0 Å². The molecular formula is C11H21NO4. The van der Waals surface area contributed by atoms with Crippen LogP contribution in [0.25, 0.3) is 0 Å². The lowest BCUT2D eigenvalue weighted by Crippen LogP contribution is -2.40. The SMILES string of the molecule is COC(C)CCC(=O)N(CC(=O)O)C(C)C. The van der Waals surface area contributed by atoms with E-state index in [9.17, 15) is 9.59 Å². The maximum Gasteiger partial charge on any atom is 0.323 e. The number of ether oxygens (including phenoxy) is 1. The van der Waals surface area contributed by atoms with E-state index in [0.29, 0.717) is 12.8 Å². The van der Waals surface area contributed by atoms with E-state index in [4.69, 9.17) is 9.84 Å². The molecule has 0 aliphatic rings. The Morgan fingerprint density at radius 3 is 2.25 bits per heavy atom. The number of amides is 1. The van der Waals surface area contributed by atoms with Crippen molar-refractivity contribution in [1.82, 2.24) is 4.90 Å². The molecule has 5 nitrogen and oxygen atoms in total. The molecule has 16 heavy (non-hydrogen) atoms. The number of rotatable bonds is 7. The van der Waals surface area contributed by atoms with Crippen LogP contribution in [-0.2, 0) is 14.3 Å². The number of carboxylic acid groups (broad SMARTS) is 1. The predicted molar refractivity (Wildman–Crippen MR) is 60.2 cm³/mol. The smallest absolute Gasteiger partial charge is 0.323 e. The first-order valence-corrected chi connectivity index (χ1v) is 5.42. The van der Waals surface area contributed by atoms with Gasteiger partial charge in [-0.15, -0.1) is 0 Å². The molecule has 1 atom stereocenters.